The number of hydrogen-bond acceptors (Lipinski definition) is 1. The molecule has 0 spiro atoms. The number of allylic oxidation sites excluding steroid dienone is 3. The summed E-state index contributed by atoms with van der Waals surface area (Å²) in [6, 6.07) is 0. The van der Waals surface area contributed by atoms with E-state index in [9.17, 15) is 0 Å². The van der Waals surface area contributed by atoms with Gasteiger partial charge in [-0.15, -0.1) is 0 Å². The Morgan fingerprint density at radius 2 is 1.87 bits per heavy atom. The Hall–Kier alpha value is -1.11. The van der Waals surface area contributed by atoms with Gasteiger partial charge in [0.25, 0.3) is 0 Å². The van der Waals surface area contributed by atoms with Crippen LogP contribution in [-0.2, 0) is 0 Å². The molecule has 0 bridgehead atoms. The normalized spacial score (nSPS) is 11.9. The van der Waals surface area contributed by atoms with Gasteiger partial charge in [0.1, 0.15) is 0 Å². The first-order valence-electron chi connectivity index (χ1n) is 5.80. The van der Waals surface area contributed by atoms with Crippen molar-refractivity contribution in [2.45, 2.75) is 45.4 Å². The molecule has 0 atom stereocenters. The molecular weight excluding hydrogens is 182 g/mol. The zero-order valence-corrected chi connectivity index (χ0v) is 9.91. The van der Waals surface area contributed by atoms with Gasteiger partial charge in [0.2, 0.25) is 0 Å². The number of rotatable bonds is 9. The number of nitrogens with zero attached hydrogens (tertiary/aromatic N) is 1. The Labute approximate surface area is 94.3 Å². The third-order valence-corrected chi connectivity index (χ3v) is 2.31. The van der Waals surface area contributed by atoms with E-state index in [1.807, 2.05) is 12.2 Å². The third-order valence-electron chi connectivity index (χ3n) is 2.31. The van der Waals surface area contributed by atoms with Gasteiger partial charge < -0.3 is 0 Å². The fraction of sp³-hybridized carbons (Fsp3) is 0.500. The summed E-state index contributed by atoms with van der Waals surface area (Å²) in [4.78, 5) is 3.93. The number of aliphatic imine (C=N–C) groups is 1. The Morgan fingerprint density at radius 1 is 1.13 bits per heavy atom. The van der Waals surface area contributed by atoms with E-state index in [2.05, 4.69) is 25.1 Å². The lowest BCUT2D eigenvalue weighted by Crippen LogP contribution is -1.82. The molecule has 0 fully saturated rings. The molecule has 0 saturated carbocycles. The summed E-state index contributed by atoms with van der Waals surface area (Å²) in [5, 5.41) is 0. The lowest BCUT2D eigenvalue weighted by Gasteiger charge is -2.00. The van der Waals surface area contributed by atoms with Crippen LogP contribution in [0.3, 0.4) is 0 Å². The highest BCUT2D eigenvalue weighted by Gasteiger charge is 1.92. The van der Waals surface area contributed by atoms with Crippen molar-refractivity contribution in [2.75, 3.05) is 0 Å². The van der Waals surface area contributed by atoms with Gasteiger partial charge in [-0.1, -0.05) is 51.8 Å². The number of hydrogen-bond donors (Lipinski definition) is 0. The monoisotopic (exact) mass is 205 g/mol. The minimum absolute atomic E-state index is 1.11. The molecule has 0 N–H and O–H groups in total. The Balaban J connectivity index is 3.70. The van der Waals surface area contributed by atoms with E-state index >= 15 is 0 Å². The van der Waals surface area contributed by atoms with Gasteiger partial charge in [-0.3, -0.25) is 4.99 Å². The van der Waals surface area contributed by atoms with Crippen LogP contribution in [-0.4, -0.2) is 6.21 Å². The molecule has 0 aromatic carbocycles. The molecule has 1 nitrogen and oxygen atoms in total. The predicted molar refractivity (Wildman–Crippen MR) is 70.3 cm³/mol. The number of unbranched alkanes of at least 4 members (excludes halogenated alkanes) is 4. The molecule has 0 saturated heterocycles. The van der Waals surface area contributed by atoms with Crippen molar-refractivity contribution in [3.8, 4) is 0 Å². The topological polar surface area (TPSA) is 12.4 Å². The summed E-state index contributed by atoms with van der Waals surface area (Å²) in [5.41, 5.74) is 1.26. The van der Waals surface area contributed by atoms with Crippen LogP contribution >= 0.6 is 0 Å². The smallest absolute Gasteiger partial charge is 0.0270 e. The van der Waals surface area contributed by atoms with E-state index < -0.39 is 0 Å². The molecule has 0 aliphatic carbocycles. The van der Waals surface area contributed by atoms with Gasteiger partial charge in [-0.2, -0.15) is 0 Å². The first-order chi connectivity index (χ1) is 7.35. The molecule has 0 aliphatic heterocycles. The summed E-state index contributed by atoms with van der Waals surface area (Å²) in [6.45, 7) is 9.56. The van der Waals surface area contributed by atoms with Crippen molar-refractivity contribution < 1.29 is 0 Å². The van der Waals surface area contributed by atoms with Crippen molar-refractivity contribution in [2.24, 2.45) is 4.99 Å². The van der Waals surface area contributed by atoms with Crippen molar-refractivity contribution in [3.63, 3.8) is 0 Å². The standard InChI is InChI=1S/C14H23N/c1-4-7-8-9-10-11-14(5-2)12-13-15-6-3/h5-6,12-13H,2-4,7-11H2,1H3/b14-12+,15-13-. The van der Waals surface area contributed by atoms with E-state index in [0.29, 0.717) is 0 Å². The minimum atomic E-state index is 1.11. The zero-order valence-electron chi connectivity index (χ0n) is 9.91. The minimum Gasteiger partial charge on any atom is -0.265 e. The summed E-state index contributed by atoms with van der Waals surface area (Å²) >= 11 is 0. The molecule has 0 aromatic heterocycles. The third kappa shape index (κ3) is 9.20. The lowest BCUT2D eigenvalue weighted by atomic mass is 10.1. The van der Waals surface area contributed by atoms with E-state index in [-0.39, 0.29) is 0 Å². The van der Waals surface area contributed by atoms with Gasteiger partial charge in [-0.05, 0) is 24.5 Å². The van der Waals surface area contributed by atoms with Crippen LogP contribution in [0.4, 0.5) is 0 Å². The van der Waals surface area contributed by atoms with E-state index in [0.717, 1.165) is 6.42 Å². The fourth-order valence-electron chi connectivity index (χ4n) is 1.39. The Morgan fingerprint density at radius 3 is 2.47 bits per heavy atom. The van der Waals surface area contributed by atoms with Gasteiger partial charge >= 0.3 is 0 Å². The second-order valence-electron chi connectivity index (χ2n) is 3.59. The van der Waals surface area contributed by atoms with Crippen molar-refractivity contribution in [1.82, 2.24) is 0 Å². The SMILES string of the molecule is C=C/N=C\C=C(/C=C)CCCCCCC. The van der Waals surface area contributed by atoms with Gasteiger partial charge in [-0.25, -0.2) is 0 Å². The largest absolute Gasteiger partial charge is 0.265 e. The molecule has 0 amide bonds. The molecule has 0 heterocycles. The quantitative estimate of drug-likeness (QED) is 0.294. The van der Waals surface area contributed by atoms with Crippen molar-refractivity contribution in [1.29, 1.82) is 0 Å². The van der Waals surface area contributed by atoms with E-state index in [1.165, 1.54) is 37.7 Å². The fourth-order valence-corrected chi connectivity index (χ4v) is 1.39. The summed E-state index contributed by atoms with van der Waals surface area (Å²) in [7, 11) is 0. The van der Waals surface area contributed by atoms with Crippen LogP contribution in [0.1, 0.15) is 45.4 Å². The molecule has 15 heavy (non-hydrogen) atoms. The second-order valence-corrected chi connectivity index (χ2v) is 3.59. The van der Waals surface area contributed by atoms with Crippen LogP contribution in [0.15, 0.2) is 42.1 Å². The van der Waals surface area contributed by atoms with Gasteiger partial charge in [0.15, 0.2) is 0 Å². The molecule has 0 unspecified atom stereocenters. The Kier molecular flexibility index (Phi) is 10.2. The highest BCUT2D eigenvalue weighted by molar-refractivity contribution is 5.73. The summed E-state index contributed by atoms with van der Waals surface area (Å²) in [6.07, 6.45) is 14.9. The maximum absolute atomic E-state index is 3.93. The molecule has 0 aromatic rings. The molecule has 0 aliphatic rings. The van der Waals surface area contributed by atoms with Crippen molar-refractivity contribution >= 4 is 6.21 Å². The van der Waals surface area contributed by atoms with E-state index in [4.69, 9.17) is 0 Å². The lowest BCUT2D eigenvalue weighted by molar-refractivity contribution is 0.633. The van der Waals surface area contributed by atoms with Crippen LogP contribution in [0, 0.1) is 0 Å². The average Bonchev–Trinajstić information content (AvgIpc) is 2.26. The van der Waals surface area contributed by atoms with Crippen LogP contribution in [0.2, 0.25) is 0 Å². The van der Waals surface area contributed by atoms with Crippen LogP contribution in [0.5, 0.6) is 0 Å². The molecule has 0 rings (SSSR count). The first kappa shape index (κ1) is 13.9. The molecular formula is C14H23N. The molecule has 84 valence electrons. The molecule has 0 radical (unpaired) electrons. The van der Waals surface area contributed by atoms with E-state index in [1.54, 1.807) is 12.4 Å². The molecule has 1 heteroatoms. The average molecular weight is 205 g/mol. The first-order valence-corrected chi connectivity index (χ1v) is 5.80. The highest BCUT2D eigenvalue weighted by Crippen LogP contribution is 2.11. The van der Waals surface area contributed by atoms with Crippen LogP contribution < -0.4 is 0 Å². The van der Waals surface area contributed by atoms with Crippen LogP contribution in [0.25, 0.3) is 0 Å². The maximum Gasteiger partial charge on any atom is 0.0270 e. The Bertz CT molecular complexity index is 223. The predicted octanol–water partition coefficient (Wildman–Crippen LogP) is 4.67. The van der Waals surface area contributed by atoms with Gasteiger partial charge in [0, 0.05) is 12.4 Å². The summed E-state index contributed by atoms with van der Waals surface area (Å²) in [5.74, 6) is 0. The second kappa shape index (κ2) is 11.0. The zero-order chi connectivity index (χ0) is 11.4. The summed E-state index contributed by atoms with van der Waals surface area (Å²) < 4.78 is 0. The maximum atomic E-state index is 3.93. The highest BCUT2D eigenvalue weighted by atomic mass is 14.6. The van der Waals surface area contributed by atoms with Gasteiger partial charge in [0.05, 0.1) is 0 Å². The van der Waals surface area contributed by atoms with Crippen molar-refractivity contribution in [3.05, 3.63) is 37.1 Å².